The van der Waals surface area contributed by atoms with Gasteiger partial charge < -0.3 is 0 Å². The smallest absolute Gasteiger partial charge is 0.265 e. The number of anilines is 2. The van der Waals surface area contributed by atoms with Crippen LogP contribution in [-0.2, 0) is 0 Å². The minimum atomic E-state index is -0.330. The monoisotopic (exact) mass is 666 g/mol. The molecule has 12 rings (SSSR count). The Balaban J connectivity index is 1.15. The number of imide groups is 2. The van der Waals surface area contributed by atoms with Gasteiger partial charge in [-0.2, -0.15) is 0 Å². The second kappa shape index (κ2) is 9.33. The molecule has 4 amide bonds. The molecule has 0 bridgehead atoms. The number of hydrogen-bond donors (Lipinski definition) is 0. The number of rotatable bonds is 2. The van der Waals surface area contributed by atoms with Gasteiger partial charge in [-0.05, 0) is 113 Å². The molecule has 6 nitrogen and oxygen atoms in total. The highest BCUT2D eigenvalue weighted by molar-refractivity contribution is 6.47. The standard InChI is InChI=1S/C46H22N2O4/c49-43-33-19-15-29-25-11-13-27-31-17-21-35-42-36(46(52)48(45(35)51)24-9-5-2-6-10-24)22-18-32(40(31)42)28-14-12-26(37(25)38(27)28)30-16-20-34(41(33)39(29)30)44(50)47(43)23-7-3-1-4-8-23/h1-22H. The zero-order valence-electron chi connectivity index (χ0n) is 27.2. The number of para-hydroxylation sites is 2. The Morgan fingerprint density at radius 3 is 0.750 bits per heavy atom. The molecule has 6 heteroatoms. The van der Waals surface area contributed by atoms with Crippen molar-refractivity contribution in [1.29, 1.82) is 0 Å². The molecule has 52 heavy (non-hydrogen) atoms. The topological polar surface area (TPSA) is 74.8 Å². The van der Waals surface area contributed by atoms with Crippen LogP contribution in [0.1, 0.15) is 41.4 Å². The number of carbonyl (C=O) groups excluding carboxylic acids is 4. The van der Waals surface area contributed by atoms with Gasteiger partial charge in [-0.3, -0.25) is 19.2 Å². The molecule has 0 radical (unpaired) electrons. The average Bonchev–Trinajstić information content (AvgIpc) is 3.18. The number of hydrogen-bond acceptors (Lipinski definition) is 4. The van der Waals surface area contributed by atoms with Crippen molar-refractivity contribution in [2.75, 3.05) is 9.80 Å². The second-order valence-electron chi connectivity index (χ2n) is 13.8. The highest BCUT2D eigenvalue weighted by Gasteiger charge is 2.37. The molecule has 0 aliphatic carbocycles. The van der Waals surface area contributed by atoms with Gasteiger partial charge in [0.1, 0.15) is 0 Å². The van der Waals surface area contributed by atoms with E-state index in [0.29, 0.717) is 44.4 Å². The summed E-state index contributed by atoms with van der Waals surface area (Å²) >= 11 is 0. The lowest BCUT2D eigenvalue weighted by Crippen LogP contribution is -2.40. The lowest BCUT2D eigenvalue weighted by Gasteiger charge is -2.29. The number of benzene rings is 10. The first-order chi connectivity index (χ1) is 25.5. The molecule has 2 aliphatic rings. The summed E-state index contributed by atoms with van der Waals surface area (Å²) in [6.45, 7) is 0. The van der Waals surface area contributed by atoms with E-state index in [4.69, 9.17) is 0 Å². The minimum Gasteiger partial charge on any atom is -0.268 e. The molecule has 240 valence electrons. The summed E-state index contributed by atoms with van der Waals surface area (Å²) in [5.41, 5.74) is 3.13. The number of nitrogens with zero attached hydrogens (tertiary/aromatic N) is 2. The van der Waals surface area contributed by atoms with E-state index < -0.39 is 0 Å². The van der Waals surface area contributed by atoms with Gasteiger partial charge >= 0.3 is 0 Å². The third-order valence-electron chi connectivity index (χ3n) is 11.4. The summed E-state index contributed by atoms with van der Waals surface area (Å²) in [6.07, 6.45) is 0. The average molecular weight is 667 g/mol. The molecule has 0 saturated heterocycles. The molecule has 0 aromatic heterocycles. The van der Waals surface area contributed by atoms with E-state index in [1.807, 2.05) is 84.9 Å². The van der Waals surface area contributed by atoms with Crippen LogP contribution in [0.25, 0.3) is 75.4 Å². The van der Waals surface area contributed by atoms with Gasteiger partial charge in [-0.25, -0.2) is 9.80 Å². The van der Waals surface area contributed by atoms with Crippen LogP contribution in [0.15, 0.2) is 133 Å². The van der Waals surface area contributed by atoms with E-state index in [9.17, 15) is 19.2 Å². The Morgan fingerprint density at radius 1 is 0.250 bits per heavy atom. The molecule has 0 unspecified atom stereocenters. The van der Waals surface area contributed by atoms with Crippen molar-refractivity contribution in [3.63, 3.8) is 0 Å². The van der Waals surface area contributed by atoms with Crippen LogP contribution in [0, 0.1) is 0 Å². The van der Waals surface area contributed by atoms with Gasteiger partial charge in [0.2, 0.25) is 0 Å². The van der Waals surface area contributed by atoms with Gasteiger partial charge in [0.15, 0.2) is 0 Å². The Kier molecular flexibility index (Phi) is 4.95. The molecular weight excluding hydrogens is 645 g/mol. The fraction of sp³-hybridized carbons (Fsp3) is 0. The summed E-state index contributed by atoms with van der Waals surface area (Å²) in [7, 11) is 0. The van der Waals surface area contributed by atoms with E-state index >= 15 is 0 Å². The van der Waals surface area contributed by atoms with Crippen molar-refractivity contribution in [3.8, 4) is 0 Å². The van der Waals surface area contributed by atoms with Crippen LogP contribution < -0.4 is 9.80 Å². The van der Waals surface area contributed by atoms with Crippen LogP contribution in [0.3, 0.4) is 0 Å². The molecule has 0 atom stereocenters. The molecule has 0 saturated carbocycles. The van der Waals surface area contributed by atoms with E-state index in [1.54, 1.807) is 24.3 Å². The van der Waals surface area contributed by atoms with Crippen molar-refractivity contribution in [2.24, 2.45) is 0 Å². The van der Waals surface area contributed by atoms with E-state index in [-0.39, 0.29) is 23.6 Å². The van der Waals surface area contributed by atoms with E-state index in [0.717, 1.165) is 64.6 Å². The van der Waals surface area contributed by atoms with Crippen molar-refractivity contribution in [2.45, 2.75) is 0 Å². The Labute approximate surface area is 294 Å². The van der Waals surface area contributed by atoms with Crippen LogP contribution >= 0.6 is 0 Å². The summed E-state index contributed by atoms with van der Waals surface area (Å²) in [6, 6.07) is 42.2. The summed E-state index contributed by atoms with van der Waals surface area (Å²) in [5.74, 6) is -1.32. The molecule has 2 aliphatic heterocycles. The van der Waals surface area contributed by atoms with Gasteiger partial charge in [0, 0.05) is 33.0 Å². The van der Waals surface area contributed by atoms with Crippen molar-refractivity contribution < 1.29 is 19.2 Å². The van der Waals surface area contributed by atoms with Gasteiger partial charge in [0.05, 0.1) is 11.4 Å². The molecular formula is C46H22N2O4. The maximum atomic E-state index is 14.0. The molecule has 10 aromatic rings. The summed E-state index contributed by atoms with van der Waals surface area (Å²) < 4.78 is 0. The number of amides is 4. The van der Waals surface area contributed by atoms with Crippen molar-refractivity contribution in [1.82, 2.24) is 0 Å². The van der Waals surface area contributed by atoms with Crippen LogP contribution in [0.5, 0.6) is 0 Å². The zero-order valence-corrected chi connectivity index (χ0v) is 27.2. The Morgan fingerprint density at radius 2 is 0.481 bits per heavy atom. The third kappa shape index (κ3) is 3.12. The van der Waals surface area contributed by atoms with Crippen LogP contribution in [0.2, 0.25) is 0 Å². The molecule has 0 N–H and O–H groups in total. The first-order valence-corrected chi connectivity index (χ1v) is 17.2. The largest absolute Gasteiger partial charge is 0.268 e. The molecule has 10 aromatic carbocycles. The van der Waals surface area contributed by atoms with Gasteiger partial charge in [-0.15, -0.1) is 0 Å². The molecule has 0 spiro atoms. The zero-order chi connectivity index (χ0) is 34.6. The SMILES string of the molecule is O=C1c2ccc3c4ccc5c6ccc7c8c(ccc(c9ccc(c%10ccc(c2c3%10)C(=O)N1c1ccccc1)c4c59)c86)C(=O)N(c1ccccc1)C7=O. The predicted octanol–water partition coefficient (Wildman–Crippen LogP) is 10.2. The van der Waals surface area contributed by atoms with E-state index in [2.05, 4.69) is 24.3 Å². The van der Waals surface area contributed by atoms with Crippen LogP contribution in [-0.4, -0.2) is 23.6 Å². The molecule has 0 fully saturated rings. The first kappa shape index (κ1) is 27.6. The second-order valence-corrected chi connectivity index (χ2v) is 13.8. The van der Waals surface area contributed by atoms with Gasteiger partial charge in [-0.1, -0.05) is 84.9 Å². The summed E-state index contributed by atoms with van der Waals surface area (Å²) in [4.78, 5) is 58.5. The Bertz CT molecular complexity index is 2920. The molecule has 2 heterocycles. The van der Waals surface area contributed by atoms with Crippen LogP contribution in [0.4, 0.5) is 11.4 Å². The lowest BCUT2D eigenvalue weighted by atomic mass is 9.81. The number of carbonyl (C=O) groups is 4. The predicted molar refractivity (Wildman–Crippen MR) is 207 cm³/mol. The maximum absolute atomic E-state index is 14.0. The first-order valence-electron chi connectivity index (χ1n) is 17.2. The van der Waals surface area contributed by atoms with Crippen molar-refractivity contribution in [3.05, 3.63) is 156 Å². The normalized spacial score (nSPS) is 14.6. The quantitative estimate of drug-likeness (QED) is 0.105. The van der Waals surface area contributed by atoms with Crippen molar-refractivity contribution >= 4 is 110 Å². The van der Waals surface area contributed by atoms with E-state index in [1.165, 1.54) is 9.80 Å². The highest BCUT2D eigenvalue weighted by Crippen LogP contribution is 2.50. The lowest BCUT2D eigenvalue weighted by molar-refractivity contribution is 0.0877. The highest BCUT2D eigenvalue weighted by atomic mass is 16.2. The fourth-order valence-corrected chi connectivity index (χ4v) is 9.28. The fourth-order valence-electron chi connectivity index (χ4n) is 9.28. The number of fused-ring (bicyclic) bond motifs is 4. The Hall–Kier alpha value is -7.18. The summed E-state index contributed by atoms with van der Waals surface area (Å²) in [5, 5.41) is 13.5. The minimum absolute atomic E-state index is 0.330. The maximum Gasteiger partial charge on any atom is 0.265 e. The third-order valence-corrected chi connectivity index (χ3v) is 11.4. The van der Waals surface area contributed by atoms with Gasteiger partial charge in [0.25, 0.3) is 23.6 Å².